The molecule has 5 heteroatoms. The fourth-order valence-corrected chi connectivity index (χ4v) is 1.98. The van der Waals surface area contributed by atoms with Gasteiger partial charge < -0.3 is 15.7 Å². The van der Waals surface area contributed by atoms with E-state index in [9.17, 15) is 9.59 Å². The third kappa shape index (κ3) is 6.26. The molecule has 17 heavy (non-hydrogen) atoms. The van der Waals surface area contributed by atoms with Crippen molar-refractivity contribution in [3.05, 3.63) is 0 Å². The molecule has 0 aromatic rings. The SMILES string of the molecule is CC(CCC(=O)O)CNC(=O)CC1CCNC1. The minimum absolute atomic E-state index is 0.0841. The summed E-state index contributed by atoms with van der Waals surface area (Å²) >= 11 is 0. The third-order valence-electron chi connectivity index (χ3n) is 3.14. The van der Waals surface area contributed by atoms with Crippen LogP contribution in [0.1, 0.15) is 32.6 Å². The van der Waals surface area contributed by atoms with E-state index in [-0.39, 0.29) is 18.2 Å². The van der Waals surface area contributed by atoms with Gasteiger partial charge in [0.05, 0.1) is 0 Å². The molecule has 5 nitrogen and oxygen atoms in total. The van der Waals surface area contributed by atoms with Gasteiger partial charge in [-0.1, -0.05) is 6.92 Å². The molecule has 1 amide bonds. The number of carbonyl (C=O) groups excluding carboxylic acids is 1. The van der Waals surface area contributed by atoms with Crippen LogP contribution in [0.4, 0.5) is 0 Å². The number of carboxylic acid groups (broad SMARTS) is 1. The second-order valence-electron chi connectivity index (χ2n) is 4.90. The first-order chi connectivity index (χ1) is 8.08. The number of hydrogen-bond acceptors (Lipinski definition) is 3. The molecule has 0 aromatic carbocycles. The lowest BCUT2D eigenvalue weighted by atomic mass is 10.0. The molecule has 0 spiro atoms. The highest BCUT2D eigenvalue weighted by molar-refractivity contribution is 5.76. The smallest absolute Gasteiger partial charge is 0.303 e. The number of amides is 1. The molecule has 0 radical (unpaired) electrons. The van der Waals surface area contributed by atoms with Gasteiger partial charge in [0.15, 0.2) is 0 Å². The van der Waals surface area contributed by atoms with Crippen molar-refractivity contribution in [3.63, 3.8) is 0 Å². The molecule has 0 aromatic heterocycles. The van der Waals surface area contributed by atoms with Gasteiger partial charge in [0.25, 0.3) is 0 Å². The molecule has 3 N–H and O–H groups in total. The van der Waals surface area contributed by atoms with Crippen LogP contribution in [-0.4, -0.2) is 36.6 Å². The van der Waals surface area contributed by atoms with E-state index < -0.39 is 5.97 Å². The highest BCUT2D eigenvalue weighted by Gasteiger charge is 2.18. The quantitative estimate of drug-likeness (QED) is 0.611. The Balaban J connectivity index is 2.07. The Morgan fingerprint density at radius 3 is 2.88 bits per heavy atom. The molecular formula is C12H22N2O3. The van der Waals surface area contributed by atoms with Crippen LogP contribution in [0.15, 0.2) is 0 Å². The number of aliphatic carboxylic acids is 1. The molecule has 0 aliphatic carbocycles. The van der Waals surface area contributed by atoms with E-state index >= 15 is 0 Å². The van der Waals surface area contributed by atoms with Crippen LogP contribution in [0.5, 0.6) is 0 Å². The van der Waals surface area contributed by atoms with Gasteiger partial charge in [0.1, 0.15) is 0 Å². The summed E-state index contributed by atoms with van der Waals surface area (Å²) < 4.78 is 0. The molecule has 0 bridgehead atoms. The minimum Gasteiger partial charge on any atom is -0.481 e. The van der Waals surface area contributed by atoms with Gasteiger partial charge in [-0.2, -0.15) is 0 Å². The van der Waals surface area contributed by atoms with Crippen molar-refractivity contribution in [1.29, 1.82) is 0 Å². The second-order valence-corrected chi connectivity index (χ2v) is 4.90. The Bertz CT molecular complexity index is 262. The van der Waals surface area contributed by atoms with E-state index in [1.807, 2.05) is 6.92 Å². The largest absolute Gasteiger partial charge is 0.481 e. The van der Waals surface area contributed by atoms with Crippen LogP contribution in [-0.2, 0) is 9.59 Å². The highest BCUT2D eigenvalue weighted by Crippen LogP contribution is 2.12. The van der Waals surface area contributed by atoms with Gasteiger partial charge in [0, 0.05) is 19.4 Å². The van der Waals surface area contributed by atoms with Crippen molar-refractivity contribution in [2.75, 3.05) is 19.6 Å². The predicted molar refractivity (Wildman–Crippen MR) is 64.6 cm³/mol. The Morgan fingerprint density at radius 2 is 2.29 bits per heavy atom. The molecular weight excluding hydrogens is 220 g/mol. The van der Waals surface area contributed by atoms with E-state index in [2.05, 4.69) is 10.6 Å². The Hall–Kier alpha value is -1.10. The number of rotatable bonds is 7. The van der Waals surface area contributed by atoms with Crippen LogP contribution in [0.3, 0.4) is 0 Å². The van der Waals surface area contributed by atoms with Gasteiger partial charge >= 0.3 is 5.97 Å². The van der Waals surface area contributed by atoms with Crippen molar-refractivity contribution >= 4 is 11.9 Å². The maximum atomic E-state index is 11.6. The molecule has 1 aliphatic rings. The standard InChI is InChI=1S/C12H22N2O3/c1-9(2-3-12(16)17)7-14-11(15)6-10-4-5-13-8-10/h9-10,13H,2-8H2,1H3,(H,14,15)(H,16,17). The van der Waals surface area contributed by atoms with Crippen LogP contribution in [0.25, 0.3) is 0 Å². The molecule has 1 saturated heterocycles. The lowest BCUT2D eigenvalue weighted by molar-refractivity contribution is -0.137. The zero-order valence-corrected chi connectivity index (χ0v) is 10.4. The first-order valence-corrected chi connectivity index (χ1v) is 6.27. The fraction of sp³-hybridized carbons (Fsp3) is 0.833. The summed E-state index contributed by atoms with van der Waals surface area (Å²) in [5.41, 5.74) is 0. The van der Waals surface area contributed by atoms with E-state index in [4.69, 9.17) is 5.11 Å². The Kier molecular flexibility index (Phi) is 5.97. The average Bonchev–Trinajstić information content (AvgIpc) is 2.76. The zero-order chi connectivity index (χ0) is 12.7. The van der Waals surface area contributed by atoms with Gasteiger partial charge in [-0.15, -0.1) is 0 Å². The van der Waals surface area contributed by atoms with E-state index in [0.29, 0.717) is 25.3 Å². The van der Waals surface area contributed by atoms with Crippen molar-refractivity contribution in [1.82, 2.24) is 10.6 Å². The second kappa shape index (κ2) is 7.27. The zero-order valence-electron chi connectivity index (χ0n) is 10.4. The van der Waals surface area contributed by atoms with E-state index in [1.165, 1.54) is 0 Å². The van der Waals surface area contributed by atoms with Crippen LogP contribution in [0.2, 0.25) is 0 Å². The first-order valence-electron chi connectivity index (χ1n) is 6.27. The predicted octanol–water partition coefficient (Wildman–Crippen LogP) is 0.603. The van der Waals surface area contributed by atoms with Gasteiger partial charge in [-0.3, -0.25) is 9.59 Å². The van der Waals surface area contributed by atoms with Crippen molar-refractivity contribution in [3.8, 4) is 0 Å². The summed E-state index contributed by atoms with van der Waals surface area (Å²) in [7, 11) is 0. The van der Waals surface area contributed by atoms with Crippen molar-refractivity contribution in [2.45, 2.75) is 32.6 Å². The van der Waals surface area contributed by atoms with Crippen LogP contribution in [0, 0.1) is 11.8 Å². The molecule has 0 saturated carbocycles. The molecule has 1 fully saturated rings. The monoisotopic (exact) mass is 242 g/mol. The average molecular weight is 242 g/mol. The lowest BCUT2D eigenvalue weighted by Gasteiger charge is -2.13. The molecule has 1 aliphatic heterocycles. The normalized spacial score (nSPS) is 21.1. The molecule has 1 rings (SSSR count). The maximum Gasteiger partial charge on any atom is 0.303 e. The Morgan fingerprint density at radius 1 is 1.53 bits per heavy atom. The highest BCUT2D eigenvalue weighted by atomic mass is 16.4. The lowest BCUT2D eigenvalue weighted by Crippen LogP contribution is -2.30. The van der Waals surface area contributed by atoms with Gasteiger partial charge in [-0.25, -0.2) is 0 Å². The third-order valence-corrected chi connectivity index (χ3v) is 3.14. The molecule has 98 valence electrons. The summed E-state index contributed by atoms with van der Waals surface area (Å²) in [6.07, 6.45) is 2.44. The Labute approximate surface area is 102 Å². The molecule has 2 unspecified atom stereocenters. The van der Waals surface area contributed by atoms with Crippen molar-refractivity contribution in [2.24, 2.45) is 11.8 Å². The summed E-state index contributed by atoms with van der Waals surface area (Å²) in [6.45, 7) is 4.47. The molecule has 2 atom stereocenters. The van der Waals surface area contributed by atoms with Gasteiger partial charge in [0.2, 0.25) is 5.91 Å². The van der Waals surface area contributed by atoms with E-state index in [0.717, 1.165) is 19.5 Å². The summed E-state index contributed by atoms with van der Waals surface area (Å²) in [4.78, 5) is 22.0. The fourth-order valence-electron chi connectivity index (χ4n) is 1.98. The summed E-state index contributed by atoms with van der Waals surface area (Å²) in [5, 5.41) is 14.6. The van der Waals surface area contributed by atoms with Crippen LogP contribution < -0.4 is 10.6 Å². The van der Waals surface area contributed by atoms with Gasteiger partial charge in [-0.05, 0) is 37.8 Å². The molecule has 1 heterocycles. The summed E-state index contributed by atoms with van der Waals surface area (Å²) in [5.74, 6) is -0.0119. The topological polar surface area (TPSA) is 78.4 Å². The van der Waals surface area contributed by atoms with Crippen LogP contribution >= 0.6 is 0 Å². The number of nitrogens with one attached hydrogen (secondary N) is 2. The van der Waals surface area contributed by atoms with E-state index in [1.54, 1.807) is 0 Å². The maximum absolute atomic E-state index is 11.6. The number of hydrogen-bond donors (Lipinski definition) is 3. The first kappa shape index (κ1) is 14.0. The minimum atomic E-state index is -0.778. The number of carbonyl (C=O) groups is 2. The van der Waals surface area contributed by atoms with Crippen molar-refractivity contribution < 1.29 is 14.7 Å². The summed E-state index contributed by atoms with van der Waals surface area (Å²) in [6, 6.07) is 0. The number of carboxylic acids is 1.